The number of hydrogen-bond donors (Lipinski definition) is 0. The van der Waals surface area contributed by atoms with E-state index in [0.29, 0.717) is 24.5 Å². The number of aromatic nitrogens is 2. The van der Waals surface area contributed by atoms with E-state index in [1.54, 1.807) is 20.5 Å². The van der Waals surface area contributed by atoms with Gasteiger partial charge in [0.05, 0.1) is 25.0 Å². The fourth-order valence-corrected chi connectivity index (χ4v) is 3.25. The van der Waals surface area contributed by atoms with Gasteiger partial charge in [-0.05, 0) is 25.0 Å². The Bertz CT molecular complexity index is 735. The van der Waals surface area contributed by atoms with Crippen molar-refractivity contribution >= 4 is 11.6 Å². The normalized spacial score (nSPS) is 17.4. The third-order valence-corrected chi connectivity index (χ3v) is 4.49. The number of ketones is 1. The van der Waals surface area contributed by atoms with Crippen molar-refractivity contribution in [2.45, 2.75) is 19.4 Å². The molecule has 0 amide bonds. The smallest absolute Gasteiger partial charge is 0.171 e. The zero-order chi connectivity index (χ0) is 17.6. The summed E-state index contributed by atoms with van der Waals surface area (Å²) < 4.78 is 10.5. The number of nitrogens with zero attached hydrogens (tertiary/aromatic N) is 3. The summed E-state index contributed by atoms with van der Waals surface area (Å²) in [5, 5.41) is 0. The average molecular weight is 341 g/mol. The monoisotopic (exact) mass is 341 g/mol. The maximum absolute atomic E-state index is 13.0. The molecule has 0 aliphatic carbocycles. The highest BCUT2D eigenvalue weighted by molar-refractivity contribution is 6.00. The summed E-state index contributed by atoms with van der Waals surface area (Å²) in [6, 6.07) is 9.34. The van der Waals surface area contributed by atoms with Crippen LogP contribution in [0.15, 0.2) is 36.7 Å². The van der Waals surface area contributed by atoms with Crippen molar-refractivity contribution < 1.29 is 14.3 Å². The molecule has 1 fully saturated rings. The van der Waals surface area contributed by atoms with Crippen LogP contribution in [0.1, 0.15) is 28.9 Å². The van der Waals surface area contributed by atoms with Crippen LogP contribution in [0, 0.1) is 5.92 Å². The first-order valence-corrected chi connectivity index (χ1v) is 8.45. The van der Waals surface area contributed by atoms with Crippen LogP contribution in [-0.4, -0.2) is 43.1 Å². The topological polar surface area (TPSA) is 64.5 Å². The number of piperidine rings is 1. The second kappa shape index (κ2) is 8.07. The lowest BCUT2D eigenvalue weighted by atomic mass is 9.89. The lowest BCUT2D eigenvalue weighted by Crippen LogP contribution is -2.39. The second-order valence-corrected chi connectivity index (χ2v) is 6.15. The van der Waals surface area contributed by atoms with Crippen LogP contribution in [0.2, 0.25) is 0 Å². The summed E-state index contributed by atoms with van der Waals surface area (Å²) in [5.74, 6) is 1.55. The molecule has 1 aliphatic rings. The molecule has 132 valence electrons. The van der Waals surface area contributed by atoms with E-state index in [-0.39, 0.29) is 11.7 Å². The van der Waals surface area contributed by atoms with E-state index in [9.17, 15) is 4.79 Å². The Balaban J connectivity index is 1.77. The molecule has 25 heavy (non-hydrogen) atoms. The predicted octanol–water partition coefficient (Wildman–Crippen LogP) is 2.73. The molecule has 2 aromatic rings. The maximum Gasteiger partial charge on any atom is 0.171 e. The number of rotatable bonds is 6. The Hall–Kier alpha value is -2.47. The van der Waals surface area contributed by atoms with Gasteiger partial charge in [-0.1, -0.05) is 12.1 Å². The Morgan fingerprint density at radius 1 is 1.28 bits per heavy atom. The van der Waals surface area contributed by atoms with Crippen LogP contribution in [0.5, 0.6) is 5.75 Å². The van der Waals surface area contributed by atoms with Gasteiger partial charge in [0.25, 0.3) is 0 Å². The van der Waals surface area contributed by atoms with Crippen LogP contribution >= 0.6 is 0 Å². The molecule has 1 atom stereocenters. The van der Waals surface area contributed by atoms with E-state index in [1.807, 2.05) is 30.3 Å². The van der Waals surface area contributed by atoms with Crippen LogP contribution in [-0.2, 0) is 11.3 Å². The van der Waals surface area contributed by atoms with E-state index in [0.717, 1.165) is 30.9 Å². The molecule has 0 N–H and O–H groups in total. The second-order valence-electron chi connectivity index (χ2n) is 6.15. The van der Waals surface area contributed by atoms with Gasteiger partial charge < -0.3 is 14.4 Å². The number of ether oxygens (including phenoxy) is 2. The maximum atomic E-state index is 13.0. The highest BCUT2D eigenvalue weighted by atomic mass is 16.5. The zero-order valence-electron chi connectivity index (χ0n) is 14.6. The third-order valence-electron chi connectivity index (χ3n) is 4.49. The molecule has 0 radical (unpaired) electrons. The van der Waals surface area contributed by atoms with Crippen LogP contribution in [0.4, 0.5) is 5.82 Å². The van der Waals surface area contributed by atoms with Gasteiger partial charge in [0.2, 0.25) is 0 Å². The van der Waals surface area contributed by atoms with Gasteiger partial charge in [0.15, 0.2) is 5.78 Å². The molecule has 3 rings (SSSR count). The first-order valence-electron chi connectivity index (χ1n) is 8.45. The highest BCUT2D eigenvalue weighted by Gasteiger charge is 2.28. The quantitative estimate of drug-likeness (QED) is 0.753. The van der Waals surface area contributed by atoms with Gasteiger partial charge in [0.1, 0.15) is 17.9 Å². The predicted molar refractivity (Wildman–Crippen MR) is 95.0 cm³/mol. The molecule has 1 saturated heterocycles. The van der Waals surface area contributed by atoms with E-state index in [1.165, 1.54) is 0 Å². The molecule has 1 aliphatic heterocycles. The summed E-state index contributed by atoms with van der Waals surface area (Å²) in [6.07, 6.45) is 3.38. The van der Waals surface area contributed by atoms with E-state index in [4.69, 9.17) is 9.47 Å². The first-order chi connectivity index (χ1) is 12.2. The van der Waals surface area contributed by atoms with Crippen LogP contribution in [0.3, 0.4) is 0 Å². The van der Waals surface area contributed by atoms with Crippen molar-refractivity contribution in [1.29, 1.82) is 0 Å². The largest absolute Gasteiger partial charge is 0.496 e. The van der Waals surface area contributed by atoms with E-state index < -0.39 is 0 Å². The molecular weight excluding hydrogens is 318 g/mol. The average Bonchev–Trinajstić information content (AvgIpc) is 2.68. The number of anilines is 1. The zero-order valence-corrected chi connectivity index (χ0v) is 14.6. The Morgan fingerprint density at radius 2 is 2.12 bits per heavy atom. The summed E-state index contributed by atoms with van der Waals surface area (Å²) in [5.41, 5.74) is 1.49. The molecule has 6 heteroatoms. The van der Waals surface area contributed by atoms with Gasteiger partial charge in [0, 0.05) is 32.2 Å². The van der Waals surface area contributed by atoms with Crippen molar-refractivity contribution in [3.63, 3.8) is 0 Å². The summed E-state index contributed by atoms with van der Waals surface area (Å²) in [4.78, 5) is 23.7. The highest BCUT2D eigenvalue weighted by Crippen LogP contribution is 2.28. The number of hydrogen-bond acceptors (Lipinski definition) is 6. The third kappa shape index (κ3) is 3.96. The van der Waals surface area contributed by atoms with Gasteiger partial charge in [-0.15, -0.1) is 0 Å². The van der Waals surface area contributed by atoms with Crippen molar-refractivity contribution in [3.05, 3.63) is 47.9 Å². The number of benzene rings is 1. The lowest BCUT2D eigenvalue weighted by Gasteiger charge is -2.33. The van der Waals surface area contributed by atoms with Gasteiger partial charge in [-0.2, -0.15) is 0 Å². The van der Waals surface area contributed by atoms with Crippen molar-refractivity contribution in [3.8, 4) is 5.75 Å². The van der Waals surface area contributed by atoms with Crippen molar-refractivity contribution in [2.75, 3.05) is 32.2 Å². The molecule has 0 bridgehead atoms. The van der Waals surface area contributed by atoms with Crippen molar-refractivity contribution in [2.24, 2.45) is 5.92 Å². The molecule has 0 spiro atoms. The number of para-hydroxylation sites is 1. The molecule has 1 aromatic carbocycles. The molecular formula is C19H23N3O3. The minimum absolute atomic E-state index is 0.0640. The van der Waals surface area contributed by atoms with E-state index >= 15 is 0 Å². The summed E-state index contributed by atoms with van der Waals surface area (Å²) in [6.45, 7) is 1.99. The number of carbonyl (C=O) groups is 1. The number of carbonyl (C=O) groups excluding carboxylic acids is 1. The Labute approximate surface area is 147 Å². The molecule has 6 nitrogen and oxygen atoms in total. The molecule has 0 unspecified atom stereocenters. The minimum Gasteiger partial charge on any atom is -0.496 e. The Morgan fingerprint density at radius 3 is 2.92 bits per heavy atom. The Kier molecular flexibility index (Phi) is 5.60. The van der Waals surface area contributed by atoms with Gasteiger partial charge >= 0.3 is 0 Å². The van der Waals surface area contributed by atoms with E-state index in [2.05, 4.69) is 14.9 Å². The minimum atomic E-state index is -0.0640. The van der Waals surface area contributed by atoms with Crippen LogP contribution in [0.25, 0.3) is 0 Å². The molecule has 2 heterocycles. The molecule has 0 saturated carbocycles. The first kappa shape index (κ1) is 17.4. The fraction of sp³-hybridized carbons (Fsp3) is 0.421. The number of methoxy groups -OCH3 is 2. The molecule has 1 aromatic heterocycles. The number of Topliss-reactive ketones (excluding diaryl/α,β-unsaturated/α-hetero) is 1. The van der Waals surface area contributed by atoms with Gasteiger partial charge in [-0.3, -0.25) is 4.79 Å². The summed E-state index contributed by atoms with van der Waals surface area (Å²) >= 11 is 0. The summed E-state index contributed by atoms with van der Waals surface area (Å²) in [7, 11) is 3.24. The SMILES string of the molecule is COCc1cc(N2CCC[C@H](C(=O)c3ccccc3OC)C2)ncn1. The standard InChI is InChI=1S/C19H23N3O3/c1-24-12-15-10-18(21-13-20-15)22-9-5-6-14(11-22)19(23)16-7-3-4-8-17(16)25-2/h3-4,7-8,10,13-14H,5-6,9,11-12H2,1-2H3/t14-/m0/s1. The van der Waals surface area contributed by atoms with Gasteiger partial charge in [-0.25, -0.2) is 9.97 Å². The lowest BCUT2D eigenvalue weighted by molar-refractivity contribution is 0.0904. The fourth-order valence-electron chi connectivity index (χ4n) is 3.25. The van der Waals surface area contributed by atoms with Crippen LogP contribution < -0.4 is 9.64 Å². The van der Waals surface area contributed by atoms with Crippen molar-refractivity contribution in [1.82, 2.24) is 9.97 Å².